The number of nitrogens with two attached hydrogens (primary N) is 1. The lowest BCUT2D eigenvalue weighted by atomic mass is 10.0. The molecular weight excluding hydrogens is 254 g/mol. The van der Waals surface area contributed by atoms with Crippen LogP contribution in [0.1, 0.15) is 37.3 Å². The lowest BCUT2D eigenvalue weighted by molar-refractivity contribution is 0.206. The van der Waals surface area contributed by atoms with Crippen molar-refractivity contribution in [3.63, 3.8) is 0 Å². The summed E-state index contributed by atoms with van der Waals surface area (Å²) >= 11 is 3.34. The van der Waals surface area contributed by atoms with Gasteiger partial charge in [-0.25, -0.2) is 9.99 Å². The van der Waals surface area contributed by atoms with Crippen LogP contribution in [0.15, 0.2) is 22.9 Å². The summed E-state index contributed by atoms with van der Waals surface area (Å²) in [5.41, 5.74) is 1.22. The number of pyridine rings is 1. The van der Waals surface area contributed by atoms with Crippen LogP contribution in [-0.4, -0.2) is 16.5 Å². The molecule has 1 fully saturated rings. The molecule has 0 spiro atoms. The number of halogens is 1. The van der Waals surface area contributed by atoms with Crippen LogP contribution in [-0.2, 0) is 0 Å². The van der Waals surface area contributed by atoms with Gasteiger partial charge in [-0.3, -0.25) is 5.84 Å². The Morgan fingerprint density at radius 3 is 2.93 bits per heavy atom. The third-order valence-corrected chi connectivity index (χ3v) is 3.40. The third kappa shape index (κ3) is 2.77. The van der Waals surface area contributed by atoms with Gasteiger partial charge in [0.2, 0.25) is 0 Å². The molecule has 1 aromatic heterocycles. The van der Waals surface area contributed by atoms with Gasteiger partial charge in [-0.15, -0.1) is 0 Å². The fourth-order valence-electron chi connectivity index (χ4n) is 2.07. The summed E-state index contributed by atoms with van der Waals surface area (Å²) in [7, 11) is 0. The number of rotatable bonds is 1. The highest BCUT2D eigenvalue weighted by Crippen LogP contribution is 2.27. The molecule has 0 saturated carbocycles. The van der Waals surface area contributed by atoms with E-state index in [0.717, 1.165) is 17.6 Å². The summed E-state index contributed by atoms with van der Waals surface area (Å²) < 4.78 is 0.878. The third-order valence-electron chi connectivity index (χ3n) is 2.93. The molecule has 3 nitrogen and oxygen atoms in total. The minimum absolute atomic E-state index is 0.341. The van der Waals surface area contributed by atoms with Gasteiger partial charge in [0.25, 0.3) is 0 Å². The minimum Gasteiger partial charge on any atom is -0.268 e. The number of aromatic nitrogens is 1. The van der Waals surface area contributed by atoms with Crippen LogP contribution in [0, 0.1) is 0 Å². The summed E-state index contributed by atoms with van der Waals surface area (Å²) in [6, 6.07) is 4.43. The second-order valence-electron chi connectivity index (χ2n) is 4.02. The highest BCUT2D eigenvalue weighted by atomic mass is 79.9. The molecule has 1 aliphatic rings. The summed E-state index contributed by atoms with van der Waals surface area (Å²) in [5, 5.41) is 1.96. The average molecular weight is 270 g/mol. The van der Waals surface area contributed by atoms with Crippen molar-refractivity contribution in [3.05, 3.63) is 28.5 Å². The second-order valence-corrected chi connectivity index (χ2v) is 4.83. The van der Waals surface area contributed by atoms with Gasteiger partial charge >= 0.3 is 0 Å². The summed E-state index contributed by atoms with van der Waals surface area (Å²) in [4.78, 5) is 4.25. The van der Waals surface area contributed by atoms with E-state index >= 15 is 0 Å². The molecule has 15 heavy (non-hydrogen) atoms. The predicted molar refractivity (Wildman–Crippen MR) is 64.0 cm³/mol. The monoisotopic (exact) mass is 269 g/mol. The van der Waals surface area contributed by atoms with Crippen molar-refractivity contribution >= 4 is 15.9 Å². The minimum atomic E-state index is 0.341. The van der Waals surface area contributed by atoms with E-state index in [9.17, 15) is 0 Å². The molecule has 2 N–H and O–H groups in total. The van der Waals surface area contributed by atoms with Crippen LogP contribution in [0.3, 0.4) is 0 Å². The zero-order valence-electron chi connectivity index (χ0n) is 8.69. The number of hydrogen-bond donors (Lipinski definition) is 1. The first kappa shape index (κ1) is 11.0. The van der Waals surface area contributed by atoms with Crippen molar-refractivity contribution in [3.8, 4) is 0 Å². The normalized spacial score (nSPS) is 23.7. The molecule has 2 rings (SSSR count). The van der Waals surface area contributed by atoms with E-state index in [2.05, 4.69) is 27.0 Å². The summed E-state index contributed by atoms with van der Waals surface area (Å²) in [5.74, 6) is 6.04. The molecule has 1 saturated heterocycles. The Hall–Kier alpha value is -0.450. The van der Waals surface area contributed by atoms with Crippen molar-refractivity contribution < 1.29 is 0 Å². The average Bonchev–Trinajstić information content (AvgIpc) is 2.44. The highest BCUT2D eigenvalue weighted by Gasteiger charge is 2.19. The van der Waals surface area contributed by atoms with Crippen LogP contribution in [0.2, 0.25) is 0 Å². The molecule has 82 valence electrons. The lowest BCUT2D eigenvalue weighted by Crippen LogP contribution is -2.34. The van der Waals surface area contributed by atoms with Crippen molar-refractivity contribution in [1.82, 2.24) is 9.99 Å². The lowest BCUT2D eigenvalue weighted by Gasteiger charge is -2.25. The number of hydrazine groups is 1. The van der Waals surface area contributed by atoms with E-state index < -0.39 is 0 Å². The molecule has 1 aromatic rings. The van der Waals surface area contributed by atoms with Crippen LogP contribution in [0.25, 0.3) is 0 Å². The molecule has 0 amide bonds. The van der Waals surface area contributed by atoms with E-state index in [1.54, 1.807) is 0 Å². The maximum Gasteiger partial charge on any atom is 0.106 e. The fourth-order valence-corrected chi connectivity index (χ4v) is 2.31. The Balaban J connectivity index is 2.16. The van der Waals surface area contributed by atoms with E-state index in [-0.39, 0.29) is 0 Å². The summed E-state index contributed by atoms with van der Waals surface area (Å²) in [6.45, 7) is 0.987. The van der Waals surface area contributed by atoms with E-state index in [0.29, 0.717) is 6.04 Å². The Morgan fingerprint density at radius 1 is 1.33 bits per heavy atom. The topological polar surface area (TPSA) is 42.1 Å². The molecular formula is C11H16BrN3. The quantitative estimate of drug-likeness (QED) is 0.630. The maximum atomic E-state index is 6.04. The van der Waals surface area contributed by atoms with Gasteiger partial charge in [-0.2, -0.15) is 0 Å². The van der Waals surface area contributed by atoms with E-state index in [1.165, 1.54) is 24.8 Å². The summed E-state index contributed by atoms with van der Waals surface area (Å²) in [6.07, 6.45) is 6.80. The SMILES string of the molecule is NN1CCCCC[C@@H]1c1ccc(Br)nc1. The van der Waals surface area contributed by atoms with Gasteiger partial charge in [0, 0.05) is 12.7 Å². The van der Waals surface area contributed by atoms with Crippen LogP contribution >= 0.6 is 15.9 Å². The Bertz CT molecular complexity index is 312. The molecule has 2 heterocycles. The van der Waals surface area contributed by atoms with Crippen molar-refractivity contribution in [2.45, 2.75) is 31.7 Å². The van der Waals surface area contributed by atoms with Crippen molar-refractivity contribution in [1.29, 1.82) is 0 Å². The smallest absolute Gasteiger partial charge is 0.106 e. The Labute approximate surface area is 98.8 Å². The molecule has 0 bridgehead atoms. The molecule has 4 heteroatoms. The van der Waals surface area contributed by atoms with Gasteiger partial charge in [0.05, 0.1) is 6.04 Å². The Morgan fingerprint density at radius 2 is 2.20 bits per heavy atom. The molecule has 1 atom stereocenters. The first-order chi connectivity index (χ1) is 7.27. The molecule has 0 unspecified atom stereocenters. The largest absolute Gasteiger partial charge is 0.268 e. The van der Waals surface area contributed by atoms with E-state index in [1.807, 2.05) is 17.3 Å². The maximum absolute atomic E-state index is 6.04. The first-order valence-electron chi connectivity index (χ1n) is 5.40. The Kier molecular flexibility index (Phi) is 3.72. The first-order valence-corrected chi connectivity index (χ1v) is 6.19. The zero-order chi connectivity index (χ0) is 10.7. The van der Waals surface area contributed by atoms with Crippen molar-refractivity contribution in [2.24, 2.45) is 5.84 Å². The number of hydrogen-bond acceptors (Lipinski definition) is 3. The number of nitrogens with zero attached hydrogens (tertiary/aromatic N) is 2. The van der Waals surface area contributed by atoms with Gasteiger partial charge < -0.3 is 0 Å². The van der Waals surface area contributed by atoms with Crippen LogP contribution in [0.4, 0.5) is 0 Å². The standard InChI is InChI=1S/C11H16BrN3/c12-11-6-5-9(8-14-11)10-4-2-1-3-7-15(10)13/h5-6,8,10H,1-4,7,13H2/t10-/m1/s1. The molecule has 0 radical (unpaired) electrons. The highest BCUT2D eigenvalue weighted by molar-refractivity contribution is 9.10. The fraction of sp³-hybridized carbons (Fsp3) is 0.545. The van der Waals surface area contributed by atoms with Gasteiger partial charge in [0.1, 0.15) is 4.60 Å². The predicted octanol–water partition coefficient (Wildman–Crippen LogP) is 2.63. The molecule has 0 aliphatic carbocycles. The van der Waals surface area contributed by atoms with Crippen LogP contribution < -0.4 is 5.84 Å². The van der Waals surface area contributed by atoms with Gasteiger partial charge in [0.15, 0.2) is 0 Å². The molecule has 0 aromatic carbocycles. The van der Waals surface area contributed by atoms with Gasteiger partial charge in [-0.05, 0) is 40.4 Å². The van der Waals surface area contributed by atoms with Crippen molar-refractivity contribution in [2.75, 3.05) is 6.54 Å². The van der Waals surface area contributed by atoms with E-state index in [4.69, 9.17) is 5.84 Å². The zero-order valence-corrected chi connectivity index (χ0v) is 10.3. The van der Waals surface area contributed by atoms with Gasteiger partial charge in [-0.1, -0.05) is 18.9 Å². The molecule has 1 aliphatic heterocycles. The van der Waals surface area contributed by atoms with Crippen LogP contribution in [0.5, 0.6) is 0 Å². The second kappa shape index (κ2) is 5.05.